The first-order valence-corrected chi connectivity index (χ1v) is 5.58. The van der Waals surface area contributed by atoms with Gasteiger partial charge in [0, 0.05) is 14.2 Å². The average Bonchev–Trinajstić information content (AvgIpc) is 2.26. The third-order valence-electron chi connectivity index (χ3n) is 2.84. The molecule has 0 aliphatic heterocycles. The Balaban J connectivity index is 3.00. The molecule has 1 atom stereocenters. The van der Waals surface area contributed by atoms with Crippen LogP contribution >= 0.6 is 11.6 Å². The number of hydrogen-bond donors (Lipinski definition) is 0. The molecule has 0 aromatic carbocycles. The van der Waals surface area contributed by atoms with E-state index < -0.39 is 0 Å². The zero-order chi connectivity index (χ0) is 12.3. The predicted molar refractivity (Wildman–Crippen MR) is 66.3 cm³/mol. The molecule has 0 aliphatic carbocycles. The van der Waals surface area contributed by atoms with Crippen LogP contribution in [-0.4, -0.2) is 37.0 Å². The molecule has 1 aromatic heterocycles. The molecule has 0 N–H and O–H groups in total. The maximum atomic E-state index is 5.91. The van der Waals surface area contributed by atoms with Crippen molar-refractivity contribution in [3.63, 3.8) is 0 Å². The zero-order valence-corrected chi connectivity index (χ0v) is 11.2. The van der Waals surface area contributed by atoms with Crippen molar-refractivity contribution >= 4 is 17.4 Å². The molecule has 4 nitrogen and oxygen atoms in total. The monoisotopic (exact) mass is 243 g/mol. The number of anilines is 1. The number of aromatic nitrogens is 2. The Bertz CT molecular complexity index is 370. The lowest BCUT2D eigenvalue weighted by Gasteiger charge is -2.26. The summed E-state index contributed by atoms with van der Waals surface area (Å²) in [5.74, 6) is 0.853. The fraction of sp³-hybridized carbons (Fsp3) is 0.636. The summed E-state index contributed by atoms with van der Waals surface area (Å²) in [7, 11) is 3.67. The van der Waals surface area contributed by atoms with Gasteiger partial charge in [-0.3, -0.25) is 0 Å². The number of hydrogen-bond acceptors (Lipinski definition) is 4. The molecule has 16 heavy (non-hydrogen) atoms. The molecule has 0 amide bonds. The lowest BCUT2D eigenvalue weighted by molar-refractivity contribution is 0.183. The maximum absolute atomic E-state index is 5.91. The fourth-order valence-electron chi connectivity index (χ4n) is 1.46. The van der Waals surface area contributed by atoms with Gasteiger partial charge >= 0.3 is 0 Å². The number of ether oxygens (including phenoxy) is 1. The molecule has 0 fully saturated rings. The fourth-order valence-corrected chi connectivity index (χ4v) is 1.64. The standard InChI is InChI=1S/C11H18ClN3O/c1-7(6-16-5)15(4)11-9(3)8(2)10(12)13-14-11/h7H,6H2,1-5H3. The van der Waals surface area contributed by atoms with Gasteiger partial charge in [0.1, 0.15) is 0 Å². The van der Waals surface area contributed by atoms with Crippen molar-refractivity contribution in [2.45, 2.75) is 26.8 Å². The van der Waals surface area contributed by atoms with Crippen LogP contribution in [0, 0.1) is 13.8 Å². The molecule has 1 unspecified atom stereocenters. The van der Waals surface area contributed by atoms with E-state index in [-0.39, 0.29) is 6.04 Å². The molecule has 0 saturated heterocycles. The van der Waals surface area contributed by atoms with Gasteiger partial charge in [0.05, 0.1) is 12.6 Å². The number of likely N-dealkylation sites (N-methyl/N-ethyl adjacent to an activating group) is 1. The Labute approximate surface area is 102 Å². The smallest absolute Gasteiger partial charge is 0.155 e. The van der Waals surface area contributed by atoms with E-state index in [0.29, 0.717) is 11.8 Å². The summed E-state index contributed by atoms with van der Waals surface area (Å²) >= 11 is 5.91. The predicted octanol–water partition coefficient (Wildman–Crippen LogP) is 2.22. The van der Waals surface area contributed by atoms with E-state index in [2.05, 4.69) is 22.0 Å². The highest BCUT2D eigenvalue weighted by Crippen LogP contribution is 2.23. The molecule has 0 saturated carbocycles. The first-order chi connectivity index (χ1) is 7.49. The normalized spacial score (nSPS) is 12.6. The summed E-state index contributed by atoms with van der Waals surface area (Å²) < 4.78 is 5.12. The van der Waals surface area contributed by atoms with Gasteiger partial charge in [-0.05, 0) is 31.9 Å². The second kappa shape index (κ2) is 5.46. The van der Waals surface area contributed by atoms with Crippen molar-refractivity contribution < 1.29 is 4.74 Å². The molecule has 0 spiro atoms. The van der Waals surface area contributed by atoms with E-state index in [9.17, 15) is 0 Å². The van der Waals surface area contributed by atoms with Gasteiger partial charge in [-0.25, -0.2) is 0 Å². The Kier molecular flexibility index (Phi) is 4.50. The number of rotatable bonds is 4. The van der Waals surface area contributed by atoms with Crippen molar-refractivity contribution in [2.24, 2.45) is 0 Å². The van der Waals surface area contributed by atoms with Gasteiger partial charge in [0.15, 0.2) is 11.0 Å². The third-order valence-corrected chi connectivity index (χ3v) is 3.20. The Morgan fingerprint density at radius 3 is 2.50 bits per heavy atom. The van der Waals surface area contributed by atoms with Gasteiger partial charge in [0.25, 0.3) is 0 Å². The van der Waals surface area contributed by atoms with Gasteiger partial charge in [-0.2, -0.15) is 0 Å². The van der Waals surface area contributed by atoms with Crippen molar-refractivity contribution in [1.82, 2.24) is 10.2 Å². The van der Waals surface area contributed by atoms with Crippen LogP contribution in [0.1, 0.15) is 18.1 Å². The molecular weight excluding hydrogens is 226 g/mol. The minimum Gasteiger partial charge on any atom is -0.383 e. The average molecular weight is 244 g/mol. The third kappa shape index (κ3) is 2.62. The second-order valence-electron chi connectivity index (χ2n) is 3.98. The van der Waals surface area contributed by atoms with Crippen LogP contribution in [0.5, 0.6) is 0 Å². The van der Waals surface area contributed by atoms with Crippen LogP contribution in [0.15, 0.2) is 0 Å². The van der Waals surface area contributed by atoms with Crippen molar-refractivity contribution in [1.29, 1.82) is 0 Å². The van der Waals surface area contributed by atoms with Gasteiger partial charge < -0.3 is 9.64 Å². The first kappa shape index (κ1) is 13.2. The maximum Gasteiger partial charge on any atom is 0.155 e. The SMILES string of the molecule is COCC(C)N(C)c1nnc(Cl)c(C)c1C. The van der Waals surface area contributed by atoms with Crippen LogP contribution < -0.4 is 4.90 Å². The van der Waals surface area contributed by atoms with E-state index in [1.165, 1.54) is 0 Å². The summed E-state index contributed by atoms with van der Waals surface area (Å²) in [4.78, 5) is 2.05. The molecule has 5 heteroatoms. The van der Waals surface area contributed by atoms with Crippen LogP contribution in [-0.2, 0) is 4.74 Å². The van der Waals surface area contributed by atoms with Crippen LogP contribution in [0.4, 0.5) is 5.82 Å². The number of nitrogens with zero attached hydrogens (tertiary/aromatic N) is 3. The Hall–Kier alpha value is -0.870. The second-order valence-corrected chi connectivity index (χ2v) is 4.34. The van der Waals surface area contributed by atoms with E-state index in [0.717, 1.165) is 16.9 Å². The first-order valence-electron chi connectivity index (χ1n) is 5.20. The number of methoxy groups -OCH3 is 1. The summed E-state index contributed by atoms with van der Waals surface area (Å²) in [5, 5.41) is 8.53. The molecule has 1 rings (SSSR count). The highest BCUT2D eigenvalue weighted by molar-refractivity contribution is 6.30. The minimum atomic E-state index is 0.249. The summed E-state index contributed by atoms with van der Waals surface area (Å²) in [5.41, 5.74) is 2.04. The highest BCUT2D eigenvalue weighted by Gasteiger charge is 2.16. The molecule has 90 valence electrons. The lowest BCUT2D eigenvalue weighted by Crippen LogP contribution is -2.34. The van der Waals surface area contributed by atoms with Gasteiger partial charge in [-0.1, -0.05) is 11.6 Å². The quantitative estimate of drug-likeness (QED) is 0.813. The minimum absolute atomic E-state index is 0.249. The van der Waals surface area contributed by atoms with E-state index >= 15 is 0 Å². The van der Waals surface area contributed by atoms with Crippen LogP contribution in [0.25, 0.3) is 0 Å². The molecule has 1 heterocycles. The highest BCUT2D eigenvalue weighted by atomic mass is 35.5. The van der Waals surface area contributed by atoms with Crippen LogP contribution in [0.2, 0.25) is 5.15 Å². The number of halogens is 1. The molecule has 0 aliphatic rings. The lowest BCUT2D eigenvalue weighted by atomic mass is 10.2. The summed E-state index contributed by atoms with van der Waals surface area (Å²) in [6.45, 7) is 6.68. The summed E-state index contributed by atoms with van der Waals surface area (Å²) in [6, 6.07) is 0.249. The largest absolute Gasteiger partial charge is 0.383 e. The van der Waals surface area contributed by atoms with Crippen molar-refractivity contribution in [3.05, 3.63) is 16.3 Å². The van der Waals surface area contributed by atoms with Gasteiger partial charge in [-0.15, -0.1) is 10.2 Å². The van der Waals surface area contributed by atoms with E-state index in [1.54, 1.807) is 7.11 Å². The zero-order valence-electron chi connectivity index (χ0n) is 10.4. The van der Waals surface area contributed by atoms with E-state index in [4.69, 9.17) is 16.3 Å². The Morgan fingerprint density at radius 2 is 1.94 bits per heavy atom. The Morgan fingerprint density at radius 1 is 1.31 bits per heavy atom. The van der Waals surface area contributed by atoms with Gasteiger partial charge in [0.2, 0.25) is 0 Å². The molecule has 0 bridgehead atoms. The molecule has 0 radical (unpaired) electrons. The van der Waals surface area contributed by atoms with Crippen LogP contribution in [0.3, 0.4) is 0 Å². The molecule has 1 aromatic rings. The molecular formula is C11H18ClN3O. The van der Waals surface area contributed by atoms with Crippen molar-refractivity contribution in [3.8, 4) is 0 Å². The summed E-state index contributed by atoms with van der Waals surface area (Å²) in [6.07, 6.45) is 0. The van der Waals surface area contributed by atoms with Crippen molar-refractivity contribution in [2.75, 3.05) is 25.7 Å². The van der Waals surface area contributed by atoms with E-state index in [1.807, 2.05) is 20.9 Å². The topological polar surface area (TPSA) is 38.2 Å².